The molecular weight excluding hydrogens is 649 g/mol. The van der Waals surface area contributed by atoms with Gasteiger partial charge < -0.3 is 14.9 Å². The minimum Gasteiger partial charge on any atom is -0.475 e. The van der Waals surface area contributed by atoms with Gasteiger partial charge in [0.15, 0.2) is 0 Å². The van der Waals surface area contributed by atoms with E-state index in [2.05, 4.69) is 27.2 Å². The lowest BCUT2D eigenvalue weighted by molar-refractivity contribution is -0.192. The van der Waals surface area contributed by atoms with Gasteiger partial charge in [0.05, 0.1) is 28.9 Å². The van der Waals surface area contributed by atoms with E-state index in [-0.39, 0.29) is 5.91 Å². The van der Waals surface area contributed by atoms with Crippen molar-refractivity contribution in [3.8, 4) is 28.3 Å². The molecule has 246 valence electrons. The number of anilines is 1. The van der Waals surface area contributed by atoms with Gasteiger partial charge >= 0.3 is 12.1 Å². The smallest absolute Gasteiger partial charge is 0.475 e. The van der Waals surface area contributed by atoms with E-state index in [9.17, 15) is 23.2 Å². The molecule has 2 aliphatic rings. The quantitative estimate of drug-likeness (QED) is 0.264. The summed E-state index contributed by atoms with van der Waals surface area (Å²) in [4.78, 5) is 31.4. The minimum atomic E-state index is -5.08. The Bertz CT molecular complexity index is 2040. The van der Waals surface area contributed by atoms with Crippen molar-refractivity contribution < 1.29 is 27.9 Å². The molecule has 11 nitrogen and oxygen atoms in total. The molecule has 5 heterocycles. The summed E-state index contributed by atoms with van der Waals surface area (Å²) in [7, 11) is 1.88. The third kappa shape index (κ3) is 6.41. The van der Waals surface area contributed by atoms with E-state index in [1.165, 1.54) is 0 Å². The average molecular weight is 677 g/mol. The number of hydrogen-bond donors (Lipinski definition) is 1. The molecule has 15 heteroatoms. The van der Waals surface area contributed by atoms with Gasteiger partial charge in [-0.1, -0.05) is 23.7 Å². The number of aliphatic carboxylic acids is 1. The van der Waals surface area contributed by atoms with E-state index < -0.39 is 17.6 Å². The molecule has 0 atom stereocenters. The standard InChI is InChI=1S/C31H27ClN8O.C2HF3O2/c1-37-19-24(18-35-37)22-13-27(29-23(15-33)17-36-40(29)20-22)21-5-6-28(34-16-21)38-9-11-39(12-10-38)30(41)31(7-8-31)25-3-2-4-26(32)14-25;3-2(4,5)1(6)7/h2-6,13-14,16-20H,7-12H2,1H3;(H,6,7). The number of carbonyl (C=O) groups is 2. The summed E-state index contributed by atoms with van der Waals surface area (Å²) in [6, 6.07) is 16.1. The Morgan fingerprint density at radius 2 is 1.69 bits per heavy atom. The second kappa shape index (κ2) is 12.6. The number of fused-ring (bicyclic) bond motifs is 1. The van der Waals surface area contributed by atoms with Crippen LogP contribution in [0.4, 0.5) is 19.0 Å². The van der Waals surface area contributed by atoms with E-state index in [0.29, 0.717) is 36.8 Å². The number of piperazine rings is 1. The number of aryl methyl sites for hydroxylation is 1. The highest BCUT2D eigenvalue weighted by atomic mass is 35.5. The molecule has 48 heavy (non-hydrogen) atoms. The lowest BCUT2D eigenvalue weighted by Gasteiger charge is -2.37. The summed E-state index contributed by atoms with van der Waals surface area (Å²) in [6.45, 7) is 2.73. The topological polar surface area (TPSA) is 133 Å². The Morgan fingerprint density at radius 3 is 2.25 bits per heavy atom. The van der Waals surface area contributed by atoms with Crippen molar-refractivity contribution in [3.63, 3.8) is 0 Å². The summed E-state index contributed by atoms with van der Waals surface area (Å²) in [5.74, 6) is -1.69. The van der Waals surface area contributed by atoms with E-state index in [0.717, 1.165) is 52.0 Å². The van der Waals surface area contributed by atoms with E-state index in [1.54, 1.807) is 15.4 Å². The van der Waals surface area contributed by atoms with Crippen LogP contribution in [0, 0.1) is 11.3 Å². The molecule has 0 bridgehead atoms. The Labute approximate surface area is 277 Å². The number of carbonyl (C=O) groups excluding carboxylic acids is 1. The summed E-state index contributed by atoms with van der Waals surface area (Å²) >= 11 is 6.22. The first-order valence-electron chi connectivity index (χ1n) is 14.9. The number of pyridine rings is 2. The van der Waals surface area contributed by atoms with Gasteiger partial charge in [0.25, 0.3) is 0 Å². The summed E-state index contributed by atoms with van der Waals surface area (Å²) in [5.41, 5.74) is 5.55. The van der Waals surface area contributed by atoms with Crippen molar-refractivity contribution in [2.24, 2.45) is 7.05 Å². The molecule has 0 radical (unpaired) electrons. The van der Waals surface area contributed by atoms with Crippen LogP contribution in [0.5, 0.6) is 0 Å². The first kappa shape index (κ1) is 32.5. The fourth-order valence-electron chi connectivity index (χ4n) is 5.86. The third-order valence-electron chi connectivity index (χ3n) is 8.50. The third-order valence-corrected chi connectivity index (χ3v) is 8.73. The zero-order chi connectivity index (χ0) is 34.2. The van der Waals surface area contributed by atoms with Crippen LogP contribution in [-0.4, -0.2) is 78.6 Å². The molecule has 1 saturated carbocycles. The number of amides is 1. The van der Waals surface area contributed by atoms with Gasteiger partial charge in [-0.05, 0) is 48.7 Å². The Morgan fingerprint density at radius 1 is 0.958 bits per heavy atom. The predicted molar refractivity (Wildman–Crippen MR) is 170 cm³/mol. The van der Waals surface area contributed by atoms with Crippen molar-refractivity contribution in [1.29, 1.82) is 5.26 Å². The van der Waals surface area contributed by atoms with Crippen LogP contribution in [0.2, 0.25) is 5.02 Å². The molecular formula is C33H28ClF3N8O3. The normalized spacial score (nSPS) is 15.4. The lowest BCUT2D eigenvalue weighted by Crippen LogP contribution is -2.51. The fraction of sp³-hybridized carbons (Fsp3) is 0.273. The first-order chi connectivity index (χ1) is 22.9. The first-order valence-corrected chi connectivity index (χ1v) is 15.2. The molecule has 5 aromatic rings. The molecule has 0 unspecified atom stereocenters. The molecule has 4 aromatic heterocycles. The maximum Gasteiger partial charge on any atom is 0.490 e. The molecule has 2 fully saturated rings. The Kier molecular flexibility index (Phi) is 8.57. The van der Waals surface area contributed by atoms with Crippen LogP contribution in [0.25, 0.3) is 27.8 Å². The largest absolute Gasteiger partial charge is 0.490 e. The summed E-state index contributed by atoms with van der Waals surface area (Å²) in [6.07, 6.45) is 5.77. The average Bonchev–Trinajstić information content (AvgIpc) is 3.60. The molecule has 1 N–H and O–H groups in total. The van der Waals surface area contributed by atoms with Gasteiger partial charge in [0.2, 0.25) is 5.91 Å². The second-order valence-electron chi connectivity index (χ2n) is 11.6. The van der Waals surface area contributed by atoms with Crippen molar-refractivity contribution in [1.82, 2.24) is 29.3 Å². The summed E-state index contributed by atoms with van der Waals surface area (Å²) < 4.78 is 35.2. The fourth-order valence-corrected chi connectivity index (χ4v) is 6.05. The van der Waals surface area contributed by atoms with Crippen molar-refractivity contribution >= 4 is 34.8 Å². The number of hydrogen-bond acceptors (Lipinski definition) is 7. The highest BCUT2D eigenvalue weighted by molar-refractivity contribution is 6.30. The van der Waals surface area contributed by atoms with Crippen LogP contribution < -0.4 is 4.90 Å². The maximum atomic E-state index is 13.5. The number of nitrogens with zero attached hydrogens (tertiary/aromatic N) is 8. The molecule has 1 aliphatic heterocycles. The van der Waals surface area contributed by atoms with Crippen LogP contribution in [0.3, 0.4) is 0 Å². The SMILES string of the molecule is Cn1cc(-c2cc(-c3ccc(N4CCN(C(=O)C5(c6cccc(Cl)c6)CC5)CC4)nc3)c3c(C#N)cnn3c2)cn1.O=C(O)C(F)(F)F. The zero-order valence-corrected chi connectivity index (χ0v) is 26.3. The van der Waals surface area contributed by atoms with Gasteiger partial charge in [-0.25, -0.2) is 14.3 Å². The van der Waals surface area contributed by atoms with Crippen LogP contribution >= 0.6 is 11.6 Å². The van der Waals surface area contributed by atoms with E-state index in [1.807, 2.05) is 73.1 Å². The van der Waals surface area contributed by atoms with Crippen molar-refractivity contribution in [2.45, 2.75) is 24.4 Å². The number of nitriles is 1. The van der Waals surface area contributed by atoms with Gasteiger partial charge in [-0.15, -0.1) is 0 Å². The van der Waals surface area contributed by atoms with Gasteiger partial charge in [-0.2, -0.15) is 28.6 Å². The number of carboxylic acid groups (broad SMARTS) is 1. The number of aromatic nitrogens is 5. The lowest BCUT2D eigenvalue weighted by atomic mass is 9.94. The van der Waals surface area contributed by atoms with Crippen molar-refractivity contribution in [3.05, 3.63) is 89.6 Å². The van der Waals surface area contributed by atoms with Gasteiger partial charge in [0.1, 0.15) is 11.9 Å². The van der Waals surface area contributed by atoms with E-state index in [4.69, 9.17) is 26.5 Å². The number of halogens is 4. The Hall–Kier alpha value is -5.42. The highest BCUT2D eigenvalue weighted by Crippen LogP contribution is 2.50. The molecule has 1 saturated heterocycles. The van der Waals surface area contributed by atoms with Crippen LogP contribution in [-0.2, 0) is 22.1 Å². The molecule has 7 rings (SSSR count). The molecule has 1 amide bonds. The predicted octanol–water partition coefficient (Wildman–Crippen LogP) is 5.34. The monoisotopic (exact) mass is 676 g/mol. The number of rotatable bonds is 5. The van der Waals surface area contributed by atoms with Crippen LogP contribution in [0.1, 0.15) is 24.0 Å². The summed E-state index contributed by atoms with van der Waals surface area (Å²) in [5, 5.41) is 26.2. The van der Waals surface area contributed by atoms with Gasteiger partial charge in [-0.3, -0.25) is 9.48 Å². The minimum absolute atomic E-state index is 0.203. The molecule has 1 aromatic carbocycles. The van der Waals surface area contributed by atoms with E-state index >= 15 is 0 Å². The number of carboxylic acids is 1. The van der Waals surface area contributed by atoms with Crippen molar-refractivity contribution in [2.75, 3.05) is 31.1 Å². The highest BCUT2D eigenvalue weighted by Gasteiger charge is 2.53. The number of benzene rings is 1. The van der Waals surface area contributed by atoms with Crippen LogP contribution in [0.15, 0.2) is 73.4 Å². The maximum absolute atomic E-state index is 13.5. The molecule has 1 aliphatic carbocycles. The zero-order valence-electron chi connectivity index (χ0n) is 25.5. The van der Waals surface area contributed by atoms with Gasteiger partial charge in [0, 0.05) is 79.1 Å². The number of alkyl halides is 3. The molecule has 0 spiro atoms. The Balaban J connectivity index is 0.000000519. The second-order valence-corrected chi connectivity index (χ2v) is 12.0.